The molecule has 106 valence electrons. The van der Waals surface area contributed by atoms with Crippen molar-refractivity contribution in [2.75, 3.05) is 6.61 Å². The second-order valence-electron chi connectivity index (χ2n) is 4.29. The Morgan fingerprint density at radius 3 is 2.63 bits per heavy atom. The van der Waals surface area contributed by atoms with Crippen LogP contribution in [-0.4, -0.2) is 27.2 Å². The van der Waals surface area contributed by atoms with Gasteiger partial charge in [-0.25, -0.2) is 21.9 Å². The van der Waals surface area contributed by atoms with Crippen LogP contribution in [0.5, 0.6) is 0 Å². The van der Waals surface area contributed by atoms with Gasteiger partial charge in [0.15, 0.2) is 0 Å². The summed E-state index contributed by atoms with van der Waals surface area (Å²) in [6, 6.07) is 1.03. The zero-order valence-corrected chi connectivity index (χ0v) is 12.4. The smallest absolute Gasteiger partial charge is 0.244 e. The highest BCUT2D eigenvalue weighted by Crippen LogP contribution is 2.27. The summed E-state index contributed by atoms with van der Waals surface area (Å²) in [6.07, 6.45) is 0.234. The quantitative estimate of drug-likeness (QED) is 0.903. The average Bonchev–Trinajstić information content (AvgIpc) is 2.61. The van der Waals surface area contributed by atoms with E-state index in [0.29, 0.717) is 19.1 Å². The molecule has 1 aliphatic rings. The Bertz CT molecular complexity index is 571. The number of sulfonamides is 1. The van der Waals surface area contributed by atoms with Crippen molar-refractivity contribution in [3.8, 4) is 0 Å². The maximum Gasteiger partial charge on any atom is 0.244 e. The van der Waals surface area contributed by atoms with E-state index in [9.17, 15) is 17.2 Å². The molecule has 1 fully saturated rings. The number of ether oxygens (including phenoxy) is 1. The molecule has 4 nitrogen and oxygen atoms in total. The van der Waals surface area contributed by atoms with Crippen LogP contribution >= 0.6 is 15.9 Å². The summed E-state index contributed by atoms with van der Waals surface area (Å²) in [5.41, 5.74) is 0. The van der Waals surface area contributed by atoms with Crippen LogP contribution in [0.2, 0.25) is 0 Å². The van der Waals surface area contributed by atoms with Crippen molar-refractivity contribution in [1.29, 1.82) is 0 Å². The van der Waals surface area contributed by atoms with Gasteiger partial charge in [-0.2, -0.15) is 0 Å². The SMILES string of the molecule is CC1OCCC1NS(=O)(=O)c1c(F)cc(F)cc1Br. The zero-order chi connectivity index (χ0) is 14.2. The molecule has 0 radical (unpaired) electrons. The molecule has 0 saturated carbocycles. The summed E-state index contributed by atoms with van der Waals surface area (Å²) in [4.78, 5) is -0.590. The molecular formula is C11H12BrF2NO3S. The van der Waals surface area contributed by atoms with E-state index in [1.807, 2.05) is 0 Å². The minimum Gasteiger partial charge on any atom is -0.377 e. The number of nitrogens with one attached hydrogen (secondary N) is 1. The van der Waals surface area contributed by atoms with Gasteiger partial charge in [-0.15, -0.1) is 0 Å². The molecule has 2 atom stereocenters. The van der Waals surface area contributed by atoms with Crippen LogP contribution in [0.3, 0.4) is 0 Å². The van der Waals surface area contributed by atoms with E-state index in [1.54, 1.807) is 6.92 Å². The third kappa shape index (κ3) is 3.13. The Morgan fingerprint density at radius 1 is 1.42 bits per heavy atom. The Balaban J connectivity index is 2.34. The normalized spacial score (nSPS) is 23.8. The molecule has 0 spiro atoms. The maximum atomic E-state index is 13.7. The van der Waals surface area contributed by atoms with Crippen molar-refractivity contribution in [2.45, 2.75) is 30.4 Å². The van der Waals surface area contributed by atoms with Gasteiger partial charge < -0.3 is 4.74 Å². The lowest BCUT2D eigenvalue weighted by Gasteiger charge is -2.17. The predicted molar refractivity (Wildman–Crippen MR) is 68.2 cm³/mol. The number of hydrogen-bond acceptors (Lipinski definition) is 3. The van der Waals surface area contributed by atoms with Crippen LogP contribution in [-0.2, 0) is 14.8 Å². The second-order valence-corrected chi connectivity index (χ2v) is 6.80. The van der Waals surface area contributed by atoms with E-state index >= 15 is 0 Å². The maximum absolute atomic E-state index is 13.7. The Hall–Kier alpha value is -0.570. The highest BCUT2D eigenvalue weighted by molar-refractivity contribution is 9.10. The van der Waals surface area contributed by atoms with Crippen LogP contribution in [0.4, 0.5) is 8.78 Å². The molecule has 19 heavy (non-hydrogen) atoms. The van der Waals surface area contributed by atoms with E-state index in [4.69, 9.17) is 4.74 Å². The molecule has 1 N–H and O–H groups in total. The monoisotopic (exact) mass is 355 g/mol. The molecule has 0 amide bonds. The van der Waals surface area contributed by atoms with Gasteiger partial charge in [0.1, 0.15) is 16.5 Å². The van der Waals surface area contributed by atoms with Crippen molar-refractivity contribution in [2.24, 2.45) is 0 Å². The molecule has 0 bridgehead atoms. The number of rotatable bonds is 3. The summed E-state index contributed by atoms with van der Waals surface area (Å²) < 4.78 is 58.3. The molecule has 1 aromatic carbocycles. The topological polar surface area (TPSA) is 55.4 Å². The first-order valence-corrected chi connectivity index (χ1v) is 7.87. The molecule has 8 heteroatoms. The fourth-order valence-corrected chi connectivity index (χ4v) is 4.43. The lowest BCUT2D eigenvalue weighted by Crippen LogP contribution is -2.39. The van der Waals surface area contributed by atoms with Crippen LogP contribution in [0.1, 0.15) is 13.3 Å². The van der Waals surface area contributed by atoms with Crippen molar-refractivity contribution < 1.29 is 21.9 Å². The minimum absolute atomic E-state index is 0.149. The summed E-state index contributed by atoms with van der Waals surface area (Å²) >= 11 is 2.87. The molecule has 1 aliphatic heterocycles. The Labute approximate surface area is 118 Å². The van der Waals surface area contributed by atoms with Crippen molar-refractivity contribution in [1.82, 2.24) is 4.72 Å². The van der Waals surface area contributed by atoms with Crippen molar-refractivity contribution in [3.05, 3.63) is 28.2 Å². The van der Waals surface area contributed by atoms with Gasteiger partial charge in [0.25, 0.3) is 0 Å². The molecule has 1 heterocycles. The van der Waals surface area contributed by atoms with Gasteiger partial charge >= 0.3 is 0 Å². The van der Waals surface area contributed by atoms with E-state index in [1.165, 1.54) is 0 Å². The van der Waals surface area contributed by atoms with Crippen molar-refractivity contribution in [3.63, 3.8) is 0 Å². The Kier molecular flexibility index (Phi) is 4.24. The fourth-order valence-electron chi connectivity index (χ4n) is 1.93. The first kappa shape index (κ1) is 14.8. The molecule has 1 aromatic rings. The summed E-state index contributed by atoms with van der Waals surface area (Å²) in [5.74, 6) is -1.98. The van der Waals surface area contributed by atoms with Gasteiger partial charge in [-0.1, -0.05) is 0 Å². The number of hydrogen-bond donors (Lipinski definition) is 1. The highest BCUT2D eigenvalue weighted by atomic mass is 79.9. The van der Waals surface area contributed by atoms with Gasteiger partial charge in [0.05, 0.1) is 12.1 Å². The summed E-state index contributed by atoms with van der Waals surface area (Å²) in [7, 11) is -4.07. The zero-order valence-electron chi connectivity index (χ0n) is 9.99. The van der Waals surface area contributed by atoms with E-state index in [2.05, 4.69) is 20.7 Å². The van der Waals surface area contributed by atoms with Gasteiger partial charge in [0.2, 0.25) is 10.0 Å². The standard InChI is InChI=1S/C11H12BrF2NO3S/c1-6-10(2-3-18-6)15-19(16,17)11-8(12)4-7(13)5-9(11)14/h4-6,10,15H,2-3H2,1H3. The van der Waals surface area contributed by atoms with Gasteiger partial charge in [-0.05, 0) is 35.3 Å². The fraction of sp³-hybridized carbons (Fsp3) is 0.455. The lowest BCUT2D eigenvalue weighted by molar-refractivity contribution is 0.117. The third-order valence-corrected chi connectivity index (χ3v) is 5.37. The van der Waals surface area contributed by atoms with E-state index in [-0.39, 0.29) is 10.6 Å². The molecule has 2 unspecified atom stereocenters. The molecular weight excluding hydrogens is 344 g/mol. The summed E-state index contributed by atoms with van der Waals surface area (Å²) in [5, 5.41) is 0. The Morgan fingerprint density at radius 2 is 2.11 bits per heavy atom. The molecule has 0 aliphatic carbocycles. The van der Waals surface area contributed by atoms with Gasteiger partial charge in [-0.3, -0.25) is 0 Å². The van der Waals surface area contributed by atoms with E-state index in [0.717, 1.165) is 6.07 Å². The first-order chi connectivity index (χ1) is 8.81. The van der Waals surface area contributed by atoms with Gasteiger partial charge in [0, 0.05) is 17.1 Å². The van der Waals surface area contributed by atoms with E-state index < -0.39 is 32.6 Å². The van der Waals surface area contributed by atoms with Crippen molar-refractivity contribution >= 4 is 26.0 Å². The van der Waals surface area contributed by atoms with Crippen LogP contribution in [0.25, 0.3) is 0 Å². The molecule has 1 saturated heterocycles. The van der Waals surface area contributed by atoms with Crippen LogP contribution < -0.4 is 4.72 Å². The highest BCUT2D eigenvalue weighted by Gasteiger charge is 2.32. The van der Waals surface area contributed by atoms with Crippen LogP contribution in [0.15, 0.2) is 21.5 Å². The second kappa shape index (κ2) is 5.43. The number of halogens is 3. The number of benzene rings is 1. The lowest BCUT2D eigenvalue weighted by atomic mass is 10.2. The van der Waals surface area contributed by atoms with Crippen LogP contribution in [0, 0.1) is 11.6 Å². The first-order valence-electron chi connectivity index (χ1n) is 5.60. The average molecular weight is 356 g/mol. The third-order valence-electron chi connectivity index (χ3n) is 2.91. The minimum atomic E-state index is -4.07. The molecule has 2 rings (SSSR count). The molecule has 0 aromatic heterocycles. The predicted octanol–water partition coefficient (Wildman–Crippen LogP) is 2.18. The summed E-state index contributed by atoms with van der Waals surface area (Å²) in [6.45, 7) is 2.18. The largest absolute Gasteiger partial charge is 0.377 e.